The lowest BCUT2D eigenvalue weighted by molar-refractivity contribution is -0.161. The van der Waals surface area contributed by atoms with Gasteiger partial charge in [0.2, 0.25) is 0 Å². The third kappa shape index (κ3) is 66.6. The smallest absolute Gasteiger partial charge is 0.462 e. The predicted octanol–water partition coefficient (Wildman–Crippen LogP) is 21.0. The van der Waals surface area contributed by atoms with Crippen molar-refractivity contribution in [2.45, 2.75) is 369 Å². The van der Waals surface area contributed by atoms with Gasteiger partial charge in [-0.1, -0.05) is 297 Å². The maximum absolute atomic E-state index is 13.1. The summed E-state index contributed by atoms with van der Waals surface area (Å²) in [6.07, 6.45) is 52.3. The summed E-state index contributed by atoms with van der Waals surface area (Å²) in [5.41, 5.74) is 0. The van der Waals surface area contributed by atoms with Crippen molar-refractivity contribution in [1.82, 2.24) is 0 Å². The van der Waals surface area contributed by atoms with Gasteiger partial charge in [0, 0.05) is 25.7 Å². The molecule has 93 heavy (non-hydrogen) atoms. The van der Waals surface area contributed by atoms with Gasteiger partial charge in [0.1, 0.15) is 19.3 Å². The molecule has 3 N–H and O–H groups in total. The molecule has 0 saturated carbocycles. The van der Waals surface area contributed by atoms with Crippen molar-refractivity contribution in [3.63, 3.8) is 0 Å². The minimum atomic E-state index is -4.96. The number of allylic oxidation sites excluding steroid dienone is 4. The molecule has 0 aliphatic carbocycles. The molecule has 0 aromatic heterocycles. The molecule has 0 aromatic carbocycles. The Balaban J connectivity index is 5.27. The average Bonchev–Trinajstić information content (AvgIpc) is 1.99. The van der Waals surface area contributed by atoms with Gasteiger partial charge in [0.15, 0.2) is 12.2 Å². The van der Waals surface area contributed by atoms with E-state index in [0.717, 1.165) is 120 Å². The van der Waals surface area contributed by atoms with Crippen molar-refractivity contribution in [1.29, 1.82) is 0 Å². The quantitative estimate of drug-likeness (QED) is 0.0169. The van der Waals surface area contributed by atoms with Gasteiger partial charge in [-0.3, -0.25) is 37.3 Å². The summed E-state index contributed by atoms with van der Waals surface area (Å²) in [5, 5.41) is 10.6. The molecule has 0 aliphatic rings. The van der Waals surface area contributed by atoms with Crippen LogP contribution in [0.2, 0.25) is 0 Å². The number of phosphoric acid groups is 2. The first-order valence-corrected chi connectivity index (χ1v) is 40.7. The van der Waals surface area contributed by atoms with Crippen LogP contribution in [0, 0.1) is 17.8 Å². The Morgan fingerprint density at radius 1 is 0.355 bits per heavy atom. The molecule has 0 saturated heterocycles. The summed E-state index contributed by atoms with van der Waals surface area (Å²) in [4.78, 5) is 72.7. The molecule has 0 amide bonds. The second kappa shape index (κ2) is 64.2. The summed E-state index contributed by atoms with van der Waals surface area (Å²) in [6, 6.07) is 0. The van der Waals surface area contributed by atoms with Crippen molar-refractivity contribution in [3.05, 3.63) is 24.3 Å². The molecule has 0 heterocycles. The van der Waals surface area contributed by atoms with Crippen LogP contribution in [-0.2, 0) is 65.4 Å². The van der Waals surface area contributed by atoms with E-state index in [2.05, 4.69) is 72.8 Å². The van der Waals surface area contributed by atoms with Crippen LogP contribution in [0.3, 0.4) is 0 Å². The highest BCUT2D eigenvalue weighted by Crippen LogP contribution is 2.45. The zero-order valence-corrected chi connectivity index (χ0v) is 62.0. The Morgan fingerprint density at radius 3 is 0.957 bits per heavy atom. The fourth-order valence-corrected chi connectivity index (χ4v) is 12.3. The van der Waals surface area contributed by atoms with Gasteiger partial charge in [0.05, 0.1) is 26.4 Å². The fraction of sp³-hybridized carbons (Fsp3) is 0.892. The van der Waals surface area contributed by atoms with E-state index in [1.807, 2.05) is 0 Å². The molecule has 19 heteroatoms. The number of aliphatic hydroxyl groups excluding tert-OH is 1. The normalized spacial score (nSPS) is 14.6. The van der Waals surface area contributed by atoms with Crippen LogP contribution in [0.5, 0.6) is 0 Å². The number of rotatable bonds is 70. The lowest BCUT2D eigenvalue weighted by Crippen LogP contribution is -2.30. The Morgan fingerprint density at radius 2 is 0.634 bits per heavy atom. The molecule has 0 bridgehead atoms. The number of hydrogen-bond donors (Lipinski definition) is 3. The third-order valence-electron chi connectivity index (χ3n) is 16.9. The van der Waals surface area contributed by atoms with Crippen LogP contribution in [-0.4, -0.2) is 96.7 Å². The van der Waals surface area contributed by atoms with Gasteiger partial charge in [-0.15, -0.1) is 0 Å². The second-order valence-electron chi connectivity index (χ2n) is 27.2. The molecule has 6 atom stereocenters. The van der Waals surface area contributed by atoms with Crippen LogP contribution in [0.25, 0.3) is 0 Å². The number of aliphatic hydroxyl groups is 1. The van der Waals surface area contributed by atoms with E-state index < -0.39 is 97.5 Å². The minimum Gasteiger partial charge on any atom is -0.462 e. The number of carbonyl (C=O) groups is 4. The first-order valence-electron chi connectivity index (χ1n) is 37.7. The van der Waals surface area contributed by atoms with Crippen molar-refractivity contribution < 1.29 is 80.2 Å². The van der Waals surface area contributed by atoms with Crippen molar-refractivity contribution >= 4 is 39.5 Å². The maximum atomic E-state index is 13.1. The standard InChI is InChI=1S/C74H140O17P2/c1-8-10-11-12-13-14-15-16-17-22-25-28-35-43-50-57-73(78)90-69(61-84-71(76)55-48-41-33-27-24-21-19-18-20-23-26-31-38-45-52-65(3)4)63-88-92(80,81)86-59-68(75)60-87-93(82,83)89-64-70(91-74(79)58-51-44-37-36-40-47-54-67(7)9-2)62-85-72(77)56-49-42-34-30-29-32-39-46-53-66(5)6/h14-17,65-70,75H,8-13,18-64H2,1-7H3,(H,80,81)(H,82,83)/b15-14-,17-16-/t67?,68?,69-,70-/m1/s1. The maximum Gasteiger partial charge on any atom is 0.472 e. The second-order valence-corrected chi connectivity index (χ2v) is 30.1. The molecule has 0 radical (unpaired) electrons. The molecule has 0 fully saturated rings. The third-order valence-corrected chi connectivity index (χ3v) is 18.8. The molecule has 0 aromatic rings. The lowest BCUT2D eigenvalue weighted by atomic mass is 10.00. The Kier molecular flexibility index (Phi) is 62.5. The van der Waals surface area contributed by atoms with E-state index in [1.54, 1.807) is 0 Å². The largest absolute Gasteiger partial charge is 0.472 e. The average molecular weight is 1360 g/mol. The summed E-state index contributed by atoms with van der Waals surface area (Å²) >= 11 is 0. The Hall–Kier alpha value is -2.46. The molecule has 4 unspecified atom stereocenters. The van der Waals surface area contributed by atoms with Crippen LogP contribution in [0.15, 0.2) is 24.3 Å². The lowest BCUT2D eigenvalue weighted by Gasteiger charge is -2.21. The molecule has 0 spiro atoms. The minimum absolute atomic E-state index is 0.0847. The zero-order chi connectivity index (χ0) is 68.7. The van der Waals surface area contributed by atoms with Gasteiger partial charge in [-0.05, 0) is 69.1 Å². The van der Waals surface area contributed by atoms with Crippen molar-refractivity contribution in [2.24, 2.45) is 17.8 Å². The van der Waals surface area contributed by atoms with Crippen LogP contribution < -0.4 is 0 Å². The first-order chi connectivity index (χ1) is 44.8. The molecule has 0 aliphatic heterocycles. The monoisotopic (exact) mass is 1360 g/mol. The first kappa shape index (κ1) is 90.5. The highest BCUT2D eigenvalue weighted by molar-refractivity contribution is 7.47. The van der Waals surface area contributed by atoms with Gasteiger partial charge >= 0.3 is 39.5 Å². The summed E-state index contributed by atoms with van der Waals surface area (Å²) in [7, 11) is -9.92. The Labute approximate surface area is 567 Å². The van der Waals surface area contributed by atoms with E-state index in [1.165, 1.54) is 148 Å². The van der Waals surface area contributed by atoms with Gasteiger partial charge in [-0.2, -0.15) is 0 Å². The predicted molar refractivity (Wildman–Crippen MR) is 377 cm³/mol. The molecular formula is C74H140O17P2. The summed E-state index contributed by atoms with van der Waals surface area (Å²) in [6.45, 7) is 11.7. The summed E-state index contributed by atoms with van der Waals surface area (Å²) in [5.74, 6) is 0.0853. The number of ether oxygens (including phenoxy) is 4. The van der Waals surface area contributed by atoms with E-state index in [4.69, 9.17) is 37.0 Å². The number of unbranched alkanes of at least 4 members (excludes halogenated alkanes) is 34. The van der Waals surface area contributed by atoms with Gasteiger partial charge < -0.3 is 33.8 Å². The Bertz CT molecular complexity index is 1910. The van der Waals surface area contributed by atoms with Crippen LogP contribution in [0.4, 0.5) is 0 Å². The van der Waals surface area contributed by atoms with Crippen LogP contribution >= 0.6 is 15.6 Å². The van der Waals surface area contributed by atoms with E-state index in [-0.39, 0.29) is 25.7 Å². The SMILES string of the molecule is CCCCCC/C=C\C=C/CCCCCCCC(=O)O[C@H](COC(=O)CCCCCCCCCCCCCCCCC(C)C)COP(=O)(O)OCC(O)COP(=O)(O)OC[C@@H](COC(=O)CCCCCCCCCCC(C)C)OC(=O)CCCCCCCCC(C)CC. The fourth-order valence-electron chi connectivity index (χ4n) is 10.7. The number of carbonyl (C=O) groups excluding carboxylic acids is 4. The molecular weight excluding hydrogens is 1220 g/mol. The summed E-state index contributed by atoms with van der Waals surface area (Å²) < 4.78 is 68.4. The van der Waals surface area contributed by atoms with E-state index in [9.17, 15) is 43.2 Å². The van der Waals surface area contributed by atoms with Crippen molar-refractivity contribution in [2.75, 3.05) is 39.6 Å². The van der Waals surface area contributed by atoms with Crippen molar-refractivity contribution in [3.8, 4) is 0 Å². The van der Waals surface area contributed by atoms with Gasteiger partial charge in [0.25, 0.3) is 0 Å². The van der Waals surface area contributed by atoms with Gasteiger partial charge in [-0.25, -0.2) is 9.13 Å². The topological polar surface area (TPSA) is 237 Å². The van der Waals surface area contributed by atoms with Crippen LogP contribution in [0.1, 0.15) is 350 Å². The number of hydrogen-bond acceptors (Lipinski definition) is 15. The van der Waals surface area contributed by atoms with E-state index >= 15 is 0 Å². The molecule has 0 rings (SSSR count). The zero-order valence-electron chi connectivity index (χ0n) is 60.2. The van der Waals surface area contributed by atoms with E-state index in [0.29, 0.717) is 25.7 Å². The number of phosphoric ester groups is 2. The molecule has 17 nitrogen and oxygen atoms in total. The molecule has 548 valence electrons. The highest BCUT2D eigenvalue weighted by Gasteiger charge is 2.30. The highest BCUT2D eigenvalue weighted by atomic mass is 31.2. The number of esters is 4.